The van der Waals surface area contributed by atoms with Crippen molar-refractivity contribution in [1.29, 1.82) is 0 Å². The van der Waals surface area contributed by atoms with E-state index >= 15 is 0 Å². The maximum atomic E-state index is 10.4. The fraction of sp³-hybridized carbons (Fsp3) is 0.150. The number of nitrogens with zero attached hydrogens (tertiary/aromatic N) is 1. The van der Waals surface area contributed by atoms with E-state index in [1.807, 2.05) is 48.5 Å². The standard InChI is InChI=1S/C20H20N2O/c23-19(18-12-7-13-21-14-18)15-22-20(16-8-3-1-4-9-16)17-10-5-2-6-11-17/h1-14,19-20,22-23H,15H2. The van der Waals surface area contributed by atoms with Gasteiger partial charge in [-0.1, -0.05) is 66.7 Å². The number of rotatable bonds is 6. The number of hydrogen-bond acceptors (Lipinski definition) is 3. The Morgan fingerprint density at radius 1 is 0.783 bits per heavy atom. The van der Waals surface area contributed by atoms with Crippen LogP contribution in [-0.2, 0) is 0 Å². The van der Waals surface area contributed by atoms with Crippen molar-refractivity contribution in [3.8, 4) is 0 Å². The van der Waals surface area contributed by atoms with Crippen LogP contribution in [0, 0.1) is 0 Å². The number of hydrogen-bond donors (Lipinski definition) is 2. The quantitative estimate of drug-likeness (QED) is 0.732. The molecular weight excluding hydrogens is 284 g/mol. The van der Waals surface area contributed by atoms with Crippen molar-refractivity contribution in [2.45, 2.75) is 12.1 Å². The predicted molar refractivity (Wildman–Crippen MR) is 91.9 cm³/mol. The average Bonchev–Trinajstić information content (AvgIpc) is 2.64. The normalized spacial score (nSPS) is 12.3. The lowest BCUT2D eigenvalue weighted by atomic mass is 9.98. The maximum Gasteiger partial charge on any atom is 0.0929 e. The van der Waals surface area contributed by atoms with Crippen molar-refractivity contribution in [3.05, 3.63) is 102 Å². The molecule has 0 aliphatic rings. The van der Waals surface area contributed by atoms with Gasteiger partial charge in [0.2, 0.25) is 0 Å². The molecule has 0 aliphatic heterocycles. The highest BCUT2D eigenvalue weighted by molar-refractivity contribution is 5.31. The summed E-state index contributed by atoms with van der Waals surface area (Å²) in [6, 6.07) is 24.3. The van der Waals surface area contributed by atoms with E-state index in [0.29, 0.717) is 6.54 Å². The lowest BCUT2D eigenvalue weighted by Crippen LogP contribution is -2.27. The summed E-state index contributed by atoms with van der Waals surface area (Å²) >= 11 is 0. The van der Waals surface area contributed by atoms with E-state index in [1.54, 1.807) is 12.4 Å². The first-order valence-electron chi connectivity index (χ1n) is 7.76. The second-order valence-corrected chi connectivity index (χ2v) is 5.46. The van der Waals surface area contributed by atoms with Gasteiger partial charge in [0.1, 0.15) is 0 Å². The molecule has 0 saturated carbocycles. The highest BCUT2D eigenvalue weighted by Crippen LogP contribution is 2.22. The van der Waals surface area contributed by atoms with Gasteiger partial charge in [0.05, 0.1) is 12.1 Å². The van der Waals surface area contributed by atoms with Crippen LogP contribution >= 0.6 is 0 Å². The lowest BCUT2D eigenvalue weighted by Gasteiger charge is -2.22. The van der Waals surface area contributed by atoms with Gasteiger partial charge < -0.3 is 10.4 Å². The Labute approximate surface area is 136 Å². The Kier molecular flexibility index (Phi) is 5.14. The van der Waals surface area contributed by atoms with E-state index in [2.05, 4.69) is 34.6 Å². The summed E-state index contributed by atoms with van der Waals surface area (Å²) in [5.41, 5.74) is 3.18. The third-order valence-corrected chi connectivity index (χ3v) is 3.85. The number of pyridine rings is 1. The first kappa shape index (κ1) is 15.4. The van der Waals surface area contributed by atoms with Crippen molar-refractivity contribution in [2.75, 3.05) is 6.54 Å². The van der Waals surface area contributed by atoms with E-state index in [9.17, 15) is 5.11 Å². The molecule has 3 rings (SSSR count). The van der Waals surface area contributed by atoms with Crippen LogP contribution in [-0.4, -0.2) is 16.6 Å². The topological polar surface area (TPSA) is 45.1 Å². The van der Waals surface area contributed by atoms with Crippen molar-refractivity contribution in [2.24, 2.45) is 0 Å². The van der Waals surface area contributed by atoms with Gasteiger partial charge in [0, 0.05) is 24.5 Å². The summed E-state index contributed by atoms with van der Waals surface area (Å²) in [7, 11) is 0. The van der Waals surface area contributed by atoms with Crippen LogP contribution in [0.1, 0.15) is 28.8 Å². The van der Waals surface area contributed by atoms with Crippen molar-refractivity contribution < 1.29 is 5.11 Å². The summed E-state index contributed by atoms with van der Waals surface area (Å²) in [6.07, 6.45) is 2.82. The van der Waals surface area contributed by atoms with E-state index in [1.165, 1.54) is 11.1 Å². The molecule has 0 bridgehead atoms. The Morgan fingerprint density at radius 2 is 1.35 bits per heavy atom. The third kappa shape index (κ3) is 4.03. The zero-order valence-corrected chi connectivity index (χ0v) is 12.8. The van der Waals surface area contributed by atoms with Crippen molar-refractivity contribution >= 4 is 0 Å². The van der Waals surface area contributed by atoms with Crippen LogP contribution in [0.2, 0.25) is 0 Å². The van der Waals surface area contributed by atoms with Crippen LogP contribution in [0.15, 0.2) is 85.2 Å². The Bertz CT molecular complexity index is 662. The van der Waals surface area contributed by atoms with Gasteiger partial charge in [0.15, 0.2) is 0 Å². The van der Waals surface area contributed by atoms with Crippen LogP contribution in [0.25, 0.3) is 0 Å². The van der Waals surface area contributed by atoms with Crippen LogP contribution < -0.4 is 5.32 Å². The number of benzene rings is 2. The molecular formula is C20H20N2O. The molecule has 1 atom stereocenters. The Balaban J connectivity index is 1.77. The first-order chi connectivity index (χ1) is 11.3. The van der Waals surface area contributed by atoms with Crippen LogP contribution in [0.5, 0.6) is 0 Å². The number of aromatic nitrogens is 1. The average molecular weight is 304 g/mol. The molecule has 2 aromatic carbocycles. The second-order valence-electron chi connectivity index (χ2n) is 5.46. The van der Waals surface area contributed by atoms with E-state index in [4.69, 9.17) is 0 Å². The minimum atomic E-state index is -0.585. The lowest BCUT2D eigenvalue weighted by molar-refractivity contribution is 0.171. The molecule has 0 amide bonds. The van der Waals surface area contributed by atoms with Gasteiger partial charge >= 0.3 is 0 Å². The zero-order chi connectivity index (χ0) is 15.9. The smallest absolute Gasteiger partial charge is 0.0929 e. The summed E-state index contributed by atoms with van der Waals surface area (Å²) in [5.74, 6) is 0. The molecule has 2 N–H and O–H groups in total. The molecule has 0 fully saturated rings. The number of aliphatic hydroxyl groups is 1. The molecule has 0 aliphatic carbocycles. The first-order valence-corrected chi connectivity index (χ1v) is 7.76. The molecule has 3 aromatic rings. The van der Waals surface area contributed by atoms with Crippen molar-refractivity contribution in [1.82, 2.24) is 10.3 Å². The molecule has 3 heteroatoms. The molecule has 0 saturated heterocycles. The number of nitrogens with one attached hydrogen (secondary N) is 1. The zero-order valence-electron chi connectivity index (χ0n) is 12.8. The van der Waals surface area contributed by atoms with Crippen LogP contribution in [0.3, 0.4) is 0 Å². The summed E-state index contributed by atoms with van der Waals surface area (Å²) < 4.78 is 0. The highest BCUT2D eigenvalue weighted by atomic mass is 16.3. The predicted octanol–water partition coefficient (Wildman–Crippen LogP) is 3.49. The Hall–Kier alpha value is -2.49. The van der Waals surface area contributed by atoms with Gasteiger partial charge in [-0.15, -0.1) is 0 Å². The molecule has 1 aromatic heterocycles. The molecule has 0 spiro atoms. The molecule has 0 radical (unpaired) electrons. The third-order valence-electron chi connectivity index (χ3n) is 3.85. The van der Waals surface area contributed by atoms with E-state index in [0.717, 1.165) is 5.56 Å². The molecule has 1 unspecified atom stereocenters. The molecule has 3 nitrogen and oxygen atoms in total. The fourth-order valence-corrected chi connectivity index (χ4v) is 2.64. The fourth-order valence-electron chi connectivity index (χ4n) is 2.64. The largest absolute Gasteiger partial charge is 0.387 e. The Morgan fingerprint density at radius 3 is 1.87 bits per heavy atom. The van der Waals surface area contributed by atoms with Gasteiger partial charge in [-0.25, -0.2) is 0 Å². The molecule has 1 heterocycles. The minimum absolute atomic E-state index is 0.0451. The van der Waals surface area contributed by atoms with Gasteiger partial charge in [0.25, 0.3) is 0 Å². The monoisotopic (exact) mass is 304 g/mol. The maximum absolute atomic E-state index is 10.4. The number of aliphatic hydroxyl groups excluding tert-OH is 1. The van der Waals surface area contributed by atoms with Gasteiger partial charge in [-0.05, 0) is 17.2 Å². The SMILES string of the molecule is OC(CNC(c1ccccc1)c1ccccc1)c1cccnc1. The van der Waals surface area contributed by atoms with Gasteiger partial charge in [-0.2, -0.15) is 0 Å². The van der Waals surface area contributed by atoms with Crippen LogP contribution in [0.4, 0.5) is 0 Å². The summed E-state index contributed by atoms with van der Waals surface area (Å²) in [4.78, 5) is 4.06. The van der Waals surface area contributed by atoms with Gasteiger partial charge in [-0.3, -0.25) is 4.98 Å². The van der Waals surface area contributed by atoms with Crippen molar-refractivity contribution in [3.63, 3.8) is 0 Å². The highest BCUT2D eigenvalue weighted by Gasteiger charge is 2.15. The van der Waals surface area contributed by atoms with E-state index in [-0.39, 0.29) is 6.04 Å². The van der Waals surface area contributed by atoms with E-state index < -0.39 is 6.10 Å². The minimum Gasteiger partial charge on any atom is -0.387 e. The summed E-state index contributed by atoms with van der Waals surface area (Å²) in [6.45, 7) is 0.458. The molecule has 23 heavy (non-hydrogen) atoms. The summed E-state index contributed by atoms with van der Waals surface area (Å²) in [5, 5.41) is 13.8. The molecule has 116 valence electrons. The second kappa shape index (κ2) is 7.68.